The van der Waals surface area contributed by atoms with Gasteiger partial charge in [0.2, 0.25) is 0 Å². The molecule has 1 aromatic heterocycles. The Kier molecular flexibility index (Phi) is 6.59. The van der Waals surface area contributed by atoms with Crippen molar-refractivity contribution in [3.05, 3.63) is 78.1 Å². The SMILES string of the molecule is N#CCN(CC#N)c1ncnc(N(Cc2ccccc2)Cc2ccccc2)c1N. The zero-order valence-corrected chi connectivity index (χ0v) is 15.9. The lowest BCUT2D eigenvalue weighted by atomic mass is 10.1. The Balaban J connectivity index is 1.99. The summed E-state index contributed by atoms with van der Waals surface area (Å²) in [5, 5.41) is 18.2. The highest BCUT2D eigenvalue weighted by atomic mass is 15.2. The fourth-order valence-corrected chi connectivity index (χ4v) is 3.07. The van der Waals surface area contributed by atoms with Crippen molar-refractivity contribution in [2.45, 2.75) is 13.1 Å². The standard InChI is InChI=1S/C22H21N7/c23-11-13-28(14-12-24)21-20(25)22(27-17-26-21)29(15-18-7-3-1-4-8-18)16-19-9-5-2-6-10-19/h1-10,17H,13-16,25H2. The molecule has 0 spiro atoms. The second-order valence-electron chi connectivity index (χ2n) is 6.43. The van der Waals surface area contributed by atoms with E-state index in [0.717, 1.165) is 11.1 Å². The van der Waals surface area contributed by atoms with Gasteiger partial charge in [0.25, 0.3) is 0 Å². The smallest absolute Gasteiger partial charge is 0.159 e. The molecule has 3 rings (SSSR count). The first-order chi connectivity index (χ1) is 14.2. The van der Waals surface area contributed by atoms with E-state index in [0.29, 0.717) is 30.4 Å². The maximum absolute atomic E-state index is 9.09. The maximum Gasteiger partial charge on any atom is 0.159 e. The summed E-state index contributed by atoms with van der Waals surface area (Å²) in [6.45, 7) is 1.25. The van der Waals surface area contributed by atoms with Crippen molar-refractivity contribution in [2.75, 3.05) is 28.6 Å². The minimum absolute atomic E-state index is 0.0194. The Morgan fingerprint density at radius 1 is 0.724 bits per heavy atom. The van der Waals surface area contributed by atoms with E-state index in [1.54, 1.807) is 4.90 Å². The van der Waals surface area contributed by atoms with Gasteiger partial charge in [0.05, 0.1) is 12.1 Å². The van der Waals surface area contributed by atoms with E-state index in [1.807, 2.05) is 60.7 Å². The third-order valence-electron chi connectivity index (χ3n) is 4.40. The number of nitrogens with two attached hydrogens (primary N) is 1. The first-order valence-corrected chi connectivity index (χ1v) is 9.15. The zero-order chi connectivity index (χ0) is 20.5. The van der Waals surface area contributed by atoms with Gasteiger partial charge < -0.3 is 15.5 Å². The first kappa shape index (κ1) is 19.7. The maximum atomic E-state index is 9.09. The molecule has 0 atom stereocenters. The van der Waals surface area contributed by atoms with Crippen LogP contribution in [0, 0.1) is 22.7 Å². The van der Waals surface area contributed by atoms with Crippen LogP contribution in [0.1, 0.15) is 11.1 Å². The van der Waals surface area contributed by atoms with Crippen LogP contribution in [0.4, 0.5) is 17.3 Å². The van der Waals surface area contributed by atoms with Gasteiger partial charge in [0, 0.05) is 13.1 Å². The summed E-state index contributed by atoms with van der Waals surface area (Å²) in [4.78, 5) is 12.3. The molecule has 144 valence electrons. The van der Waals surface area contributed by atoms with Crippen molar-refractivity contribution in [3.8, 4) is 12.1 Å². The van der Waals surface area contributed by atoms with Gasteiger partial charge >= 0.3 is 0 Å². The second kappa shape index (κ2) is 9.72. The molecule has 7 heteroatoms. The number of nitrogen functional groups attached to an aromatic ring is 1. The zero-order valence-electron chi connectivity index (χ0n) is 15.9. The number of rotatable bonds is 8. The van der Waals surface area contributed by atoms with Gasteiger partial charge in [-0.1, -0.05) is 60.7 Å². The van der Waals surface area contributed by atoms with Gasteiger partial charge in [0.15, 0.2) is 11.6 Å². The highest BCUT2D eigenvalue weighted by Crippen LogP contribution is 2.30. The molecule has 7 nitrogen and oxygen atoms in total. The number of nitrogens with zero attached hydrogens (tertiary/aromatic N) is 6. The minimum Gasteiger partial charge on any atom is -0.393 e. The molecular weight excluding hydrogens is 362 g/mol. The number of aromatic nitrogens is 2. The van der Waals surface area contributed by atoms with Crippen molar-refractivity contribution in [3.63, 3.8) is 0 Å². The number of nitriles is 2. The third kappa shape index (κ3) is 5.00. The van der Waals surface area contributed by atoms with Crippen molar-refractivity contribution >= 4 is 17.3 Å². The summed E-state index contributed by atoms with van der Waals surface area (Å²) in [5.41, 5.74) is 9.02. The Bertz CT molecular complexity index is 949. The van der Waals surface area contributed by atoms with Crippen LogP contribution in [0.5, 0.6) is 0 Å². The van der Waals surface area contributed by atoms with E-state index in [9.17, 15) is 0 Å². The van der Waals surface area contributed by atoms with E-state index in [1.165, 1.54) is 6.33 Å². The molecule has 0 aliphatic heterocycles. The summed E-state index contributed by atoms with van der Waals surface area (Å²) in [6, 6.07) is 24.2. The normalized spacial score (nSPS) is 10.0. The predicted molar refractivity (Wildman–Crippen MR) is 113 cm³/mol. The molecule has 29 heavy (non-hydrogen) atoms. The van der Waals surface area contributed by atoms with Crippen LogP contribution in [-0.4, -0.2) is 23.1 Å². The Labute approximate surface area is 170 Å². The number of hydrogen-bond acceptors (Lipinski definition) is 7. The molecular formula is C22H21N7. The van der Waals surface area contributed by atoms with Gasteiger partial charge in [-0.2, -0.15) is 10.5 Å². The number of benzene rings is 2. The molecule has 0 aliphatic rings. The topological polar surface area (TPSA) is 106 Å². The molecule has 3 aromatic rings. The minimum atomic E-state index is 0.0194. The summed E-state index contributed by atoms with van der Waals surface area (Å²) < 4.78 is 0. The lowest BCUT2D eigenvalue weighted by molar-refractivity contribution is 0.780. The molecule has 0 saturated heterocycles. The summed E-state index contributed by atoms with van der Waals surface area (Å²) >= 11 is 0. The highest BCUT2D eigenvalue weighted by molar-refractivity contribution is 5.76. The van der Waals surface area contributed by atoms with Crippen molar-refractivity contribution in [2.24, 2.45) is 0 Å². The van der Waals surface area contributed by atoms with Crippen LogP contribution in [0.25, 0.3) is 0 Å². The predicted octanol–water partition coefficient (Wildman–Crippen LogP) is 3.12. The lowest BCUT2D eigenvalue weighted by Gasteiger charge is -2.27. The molecule has 0 unspecified atom stereocenters. The summed E-state index contributed by atoms with van der Waals surface area (Å²) in [5.74, 6) is 0.966. The van der Waals surface area contributed by atoms with Crippen LogP contribution in [0.3, 0.4) is 0 Å². The van der Waals surface area contributed by atoms with Crippen LogP contribution in [-0.2, 0) is 13.1 Å². The van der Waals surface area contributed by atoms with Crippen LogP contribution in [0.15, 0.2) is 67.0 Å². The summed E-state index contributed by atoms with van der Waals surface area (Å²) in [7, 11) is 0. The molecule has 0 aliphatic carbocycles. The first-order valence-electron chi connectivity index (χ1n) is 9.15. The Morgan fingerprint density at radius 3 is 1.62 bits per heavy atom. The van der Waals surface area contributed by atoms with E-state index in [4.69, 9.17) is 16.3 Å². The molecule has 0 radical (unpaired) electrons. The van der Waals surface area contributed by atoms with Crippen LogP contribution in [0.2, 0.25) is 0 Å². The second-order valence-corrected chi connectivity index (χ2v) is 6.43. The molecule has 1 heterocycles. The van der Waals surface area contributed by atoms with Gasteiger partial charge in [-0.05, 0) is 11.1 Å². The monoisotopic (exact) mass is 383 g/mol. The average molecular weight is 383 g/mol. The van der Waals surface area contributed by atoms with Crippen LogP contribution >= 0.6 is 0 Å². The molecule has 0 saturated carbocycles. The molecule has 0 bridgehead atoms. The molecule has 2 aromatic carbocycles. The largest absolute Gasteiger partial charge is 0.393 e. The van der Waals surface area contributed by atoms with E-state index < -0.39 is 0 Å². The molecule has 2 N–H and O–H groups in total. The van der Waals surface area contributed by atoms with Gasteiger partial charge in [0.1, 0.15) is 25.1 Å². The van der Waals surface area contributed by atoms with E-state index in [2.05, 4.69) is 27.0 Å². The fourth-order valence-electron chi connectivity index (χ4n) is 3.07. The number of hydrogen-bond donors (Lipinski definition) is 1. The summed E-state index contributed by atoms with van der Waals surface area (Å²) in [6.07, 6.45) is 1.42. The Hall–Kier alpha value is -4.10. The van der Waals surface area contributed by atoms with Crippen molar-refractivity contribution in [1.29, 1.82) is 10.5 Å². The third-order valence-corrected chi connectivity index (χ3v) is 4.40. The lowest BCUT2D eigenvalue weighted by Crippen LogP contribution is -2.29. The Morgan fingerprint density at radius 2 is 1.17 bits per heavy atom. The van der Waals surface area contributed by atoms with Gasteiger partial charge in [-0.3, -0.25) is 0 Å². The van der Waals surface area contributed by atoms with Gasteiger partial charge in [-0.25, -0.2) is 9.97 Å². The van der Waals surface area contributed by atoms with E-state index >= 15 is 0 Å². The molecule has 0 fully saturated rings. The fraction of sp³-hybridized carbons (Fsp3) is 0.182. The van der Waals surface area contributed by atoms with Crippen molar-refractivity contribution in [1.82, 2.24) is 9.97 Å². The van der Waals surface area contributed by atoms with Gasteiger partial charge in [-0.15, -0.1) is 0 Å². The number of anilines is 3. The van der Waals surface area contributed by atoms with Crippen LogP contribution < -0.4 is 15.5 Å². The van der Waals surface area contributed by atoms with Crippen molar-refractivity contribution < 1.29 is 0 Å². The average Bonchev–Trinajstić information content (AvgIpc) is 2.75. The highest BCUT2D eigenvalue weighted by Gasteiger charge is 2.19. The molecule has 0 amide bonds. The quantitative estimate of drug-likeness (QED) is 0.596. The van der Waals surface area contributed by atoms with E-state index in [-0.39, 0.29) is 13.1 Å².